The van der Waals surface area contributed by atoms with Crippen molar-refractivity contribution >= 4 is 17.3 Å². The molecule has 5 rings (SSSR count). The molecule has 1 fully saturated rings. The smallest absolute Gasteiger partial charge is 0.269 e. The maximum atomic E-state index is 13.4. The average molecular weight is 502 g/mol. The Balaban J connectivity index is 1.28. The lowest BCUT2D eigenvalue weighted by molar-refractivity contribution is -0.384. The van der Waals surface area contributed by atoms with E-state index in [1.54, 1.807) is 18.3 Å². The number of fused-ring (bicyclic) bond motifs is 3. The second-order valence-electron chi connectivity index (χ2n) is 9.47. The lowest BCUT2D eigenvalue weighted by Crippen LogP contribution is -2.61. The van der Waals surface area contributed by atoms with Crippen molar-refractivity contribution in [3.63, 3.8) is 0 Å². The van der Waals surface area contributed by atoms with Crippen LogP contribution >= 0.6 is 0 Å². The Hall–Kier alpha value is -3.98. The summed E-state index contributed by atoms with van der Waals surface area (Å²) in [6.07, 6.45) is 2.87. The molecule has 1 saturated heterocycles. The van der Waals surface area contributed by atoms with Crippen molar-refractivity contribution in [1.29, 1.82) is 0 Å². The summed E-state index contributed by atoms with van der Waals surface area (Å²) in [4.78, 5) is 33.4. The zero-order chi connectivity index (χ0) is 25.6. The highest BCUT2D eigenvalue weighted by Crippen LogP contribution is 2.37. The first-order valence-electron chi connectivity index (χ1n) is 12.7. The monoisotopic (exact) mass is 501 g/mol. The number of hydrogen-bond acceptors (Lipinski definition) is 7. The number of para-hydroxylation sites is 1. The van der Waals surface area contributed by atoms with E-state index in [1.807, 2.05) is 54.6 Å². The number of hydrogen-bond donors (Lipinski definition) is 1. The molecule has 9 nitrogen and oxygen atoms in total. The second kappa shape index (κ2) is 11.4. The Bertz CT molecular complexity index is 1220. The minimum absolute atomic E-state index is 0.0192. The van der Waals surface area contributed by atoms with Gasteiger partial charge in [-0.25, -0.2) is 0 Å². The number of benzene rings is 2. The van der Waals surface area contributed by atoms with Gasteiger partial charge in [0.1, 0.15) is 12.4 Å². The van der Waals surface area contributed by atoms with E-state index in [0.717, 1.165) is 48.9 Å². The number of nitro groups is 1. The molecule has 9 heteroatoms. The van der Waals surface area contributed by atoms with Crippen LogP contribution in [-0.4, -0.2) is 66.1 Å². The predicted octanol–water partition coefficient (Wildman–Crippen LogP) is 3.09. The zero-order valence-corrected chi connectivity index (χ0v) is 20.7. The molecule has 0 unspecified atom stereocenters. The Morgan fingerprint density at radius 1 is 1.11 bits per heavy atom. The highest BCUT2D eigenvalue weighted by atomic mass is 16.6. The third kappa shape index (κ3) is 5.89. The second-order valence-corrected chi connectivity index (χ2v) is 9.47. The number of nitro benzene ring substituents is 1. The fraction of sp³-hybridized carbons (Fsp3) is 0.357. The number of nitrogens with zero attached hydrogens (tertiary/aromatic N) is 4. The standard InChI is InChI=1S/C28H31N5O4/c34-28(30-13-11-22-6-4-5-12-29-22)25-19-21-18-23(33(35)36)9-10-26(21)32-15-14-31(20-27(25)32)16-17-37-24-7-2-1-3-8-24/h1-10,12,18,25,27H,11,13-17,19-20H2,(H,30,34)/t25-,27-/m0/s1. The van der Waals surface area contributed by atoms with E-state index >= 15 is 0 Å². The van der Waals surface area contributed by atoms with Crippen LogP contribution < -0.4 is 15.0 Å². The van der Waals surface area contributed by atoms with Gasteiger partial charge in [0.05, 0.1) is 16.9 Å². The van der Waals surface area contributed by atoms with Crippen LogP contribution in [0.5, 0.6) is 5.75 Å². The number of ether oxygens (including phenoxy) is 1. The molecule has 37 heavy (non-hydrogen) atoms. The minimum atomic E-state index is -0.376. The molecule has 0 bridgehead atoms. The van der Waals surface area contributed by atoms with Crippen molar-refractivity contribution in [3.05, 3.63) is 94.3 Å². The van der Waals surface area contributed by atoms with Gasteiger partial charge in [0.2, 0.25) is 5.91 Å². The van der Waals surface area contributed by atoms with E-state index in [9.17, 15) is 14.9 Å². The Kier molecular flexibility index (Phi) is 7.60. The summed E-state index contributed by atoms with van der Waals surface area (Å²) in [6, 6.07) is 20.5. The highest BCUT2D eigenvalue weighted by molar-refractivity contribution is 5.82. The summed E-state index contributed by atoms with van der Waals surface area (Å²) >= 11 is 0. The summed E-state index contributed by atoms with van der Waals surface area (Å²) < 4.78 is 5.90. The van der Waals surface area contributed by atoms with Gasteiger partial charge in [-0.15, -0.1) is 0 Å². The molecule has 3 aromatic rings. The number of carbonyl (C=O) groups excluding carboxylic acids is 1. The third-order valence-corrected chi connectivity index (χ3v) is 7.15. The number of anilines is 1. The summed E-state index contributed by atoms with van der Waals surface area (Å²) in [7, 11) is 0. The number of pyridine rings is 1. The molecule has 0 spiro atoms. The number of carbonyl (C=O) groups is 1. The van der Waals surface area contributed by atoms with E-state index < -0.39 is 0 Å². The van der Waals surface area contributed by atoms with Crippen LogP contribution in [-0.2, 0) is 17.6 Å². The quantitative estimate of drug-likeness (QED) is 0.355. The van der Waals surface area contributed by atoms with E-state index in [-0.39, 0.29) is 28.5 Å². The Morgan fingerprint density at radius 3 is 2.73 bits per heavy atom. The number of nitrogens with one attached hydrogen (secondary N) is 1. The summed E-state index contributed by atoms with van der Waals surface area (Å²) in [5.41, 5.74) is 2.84. The highest BCUT2D eigenvalue weighted by Gasteiger charge is 2.41. The molecule has 1 N–H and O–H groups in total. The van der Waals surface area contributed by atoms with E-state index in [1.165, 1.54) is 0 Å². The molecule has 1 amide bonds. The van der Waals surface area contributed by atoms with Gasteiger partial charge >= 0.3 is 0 Å². The van der Waals surface area contributed by atoms with Crippen molar-refractivity contribution < 1.29 is 14.5 Å². The maximum absolute atomic E-state index is 13.4. The largest absolute Gasteiger partial charge is 0.492 e. The number of aromatic nitrogens is 1. The first-order chi connectivity index (χ1) is 18.1. The van der Waals surface area contributed by atoms with Gasteiger partial charge in [-0.2, -0.15) is 0 Å². The van der Waals surface area contributed by atoms with Gasteiger partial charge in [-0.3, -0.25) is 24.8 Å². The van der Waals surface area contributed by atoms with Gasteiger partial charge in [0, 0.05) is 68.9 Å². The van der Waals surface area contributed by atoms with Crippen molar-refractivity contribution in [2.75, 3.05) is 44.2 Å². The summed E-state index contributed by atoms with van der Waals surface area (Å²) in [6.45, 7) is 4.14. The van der Waals surface area contributed by atoms with E-state index in [4.69, 9.17) is 4.74 Å². The first-order valence-corrected chi connectivity index (χ1v) is 12.7. The normalized spacial score (nSPS) is 19.0. The number of amides is 1. The fourth-order valence-electron chi connectivity index (χ4n) is 5.29. The van der Waals surface area contributed by atoms with Crippen LogP contribution in [0, 0.1) is 16.0 Å². The zero-order valence-electron chi connectivity index (χ0n) is 20.7. The van der Waals surface area contributed by atoms with Crippen molar-refractivity contribution in [2.45, 2.75) is 18.9 Å². The lowest BCUT2D eigenvalue weighted by atomic mass is 9.83. The molecule has 2 atom stereocenters. The molecule has 0 radical (unpaired) electrons. The van der Waals surface area contributed by atoms with Crippen LogP contribution in [0.15, 0.2) is 72.9 Å². The van der Waals surface area contributed by atoms with Crippen LogP contribution in [0.3, 0.4) is 0 Å². The van der Waals surface area contributed by atoms with Gasteiger partial charge < -0.3 is 15.0 Å². The summed E-state index contributed by atoms with van der Waals surface area (Å²) in [5, 5.41) is 14.5. The maximum Gasteiger partial charge on any atom is 0.269 e. The summed E-state index contributed by atoms with van der Waals surface area (Å²) in [5.74, 6) is 0.515. The number of piperazine rings is 1. The topological polar surface area (TPSA) is 101 Å². The van der Waals surface area contributed by atoms with Crippen LogP contribution in [0.25, 0.3) is 0 Å². The van der Waals surface area contributed by atoms with E-state index in [0.29, 0.717) is 26.0 Å². The van der Waals surface area contributed by atoms with Crippen molar-refractivity contribution in [3.8, 4) is 5.75 Å². The fourth-order valence-corrected chi connectivity index (χ4v) is 5.29. The van der Waals surface area contributed by atoms with Gasteiger partial charge in [0.25, 0.3) is 5.69 Å². The van der Waals surface area contributed by atoms with Gasteiger partial charge in [-0.05, 0) is 42.3 Å². The molecule has 2 aromatic carbocycles. The molecule has 0 aliphatic carbocycles. The predicted molar refractivity (Wildman–Crippen MR) is 141 cm³/mol. The minimum Gasteiger partial charge on any atom is -0.492 e. The van der Waals surface area contributed by atoms with Crippen LogP contribution in [0.4, 0.5) is 11.4 Å². The lowest BCUT2D eigenvalue weighted by Gasteiger charge is -2.49. The Morgan fingerprint density at radius 2 is 1.95 bits per heavy atom. The van der Waals surface area contributed by atoms with Crippen LogP contribution in [0.2, 0.25) is 0 Å². The van der Waals surface area contributed by atoms with Crippen molar-refractivity contribution in [2.24, 2.45) is 5.92 Å². The number of rotatable bonds is 9. The molecular weight excluding hydrogens is 470 g/mol. The SMILES string of the molecule is O=C(NCCc1ccccn1)[C@H]1Cc2cc([N+](=O)[O-])ccc2N2CCN(CCOc3ccccc3)C[C@@H]12. The average Bonchev–Trinajstić information content (AvgIpc) is 2.93. The van der Waals surface area contributed by atoms with Gasteiger partial charge in [0.15, 0.2) is 0 Å². The molecule has 0 saturated carbocycles. The Labute approximate surface area is 216 Å². The molecular formula is C28H31N5O4. The van der Waals surface area contributed by atoms with Crippen LogP contribution in [0.1, 0.15) is 11.3 Å². The first kappa shape index (κ1) is 24.7. The molecule has 2 aliphatic heterocycles. The third-order valence-electron chi connectivity index (χ3n) is 7.15. The van der Waals surface area contributed by atoms with Crippen molar-refractivity contribution in [1.82, 2.24) is 15.2 Å². The molecule has 2 aliphatic rings. The van der Waals surface area contributed by atoms with Gasteiger partial charge in [-0.1, -0.05) is 24.3 Å². The molecule has 1 aromatic heterocycles. The molecule has 3 heterocycles. The molecule has 192 valence electrons. The van der Waals surface area contributed by atoms with E-state index in [2.05, 4.69) is 20.1 Å². The number of non-ortho nitro benzene ring substituents is 1.